The van der Waals surface area contributed by atoms with Crippen LogP contribution in [0, 0.1) is 0 Å². The average Bonchev–Trinajstić information content (AvgIpc) is 2.60. The van der Waals surface area contributed by atoms with Crippen molar-refractivity contribution >= 4 is 11.8 Å². The fourth-order valence-corrected chi connectivity index (χ4v) is 2.07. The molecule has 2 amide bonds. The normalized spacial score (nSPS) is 11.7. The summed E-state index contributed by atoms with van der Waals surface area (Å²) in [6.45, 7) is 5.85. The van der Waals surface area contributed by atoms with E-state index in [1.165, 1.54) is 5.56 Å². The van der Waals surface area contributed by atoms with E-state index < -0.39 is 12.0 Å². The lowest BCUT2D eigenvalue weighted by Crippen LogP contribution is -2.47. The van der Waals surface area contributed by atoms with Crippen molar-refractivity contribution in [3.63, 3.8) is 0 Å². The molecule has 0 saturated heterocycles. The molecule has 0 aromatic heterocycles. The summed E-state index contributed by atoms with van der Waals surface area (Å²) in [5.74, 6) is 0.245. The number of nitrogens with one attached hydrogen (secondary N) is 2. The minimum atomic E-state index is -0.731. The van der Waals surface area contributed by atoms with Gasteiger partial charge in [-0.15, -0.1) is 0 Å². The number of rotatable bonds is 5. The maximum atomic E-state index is 12.0. The molecule has 0 bridgehead atoms. The van der Waals surface area contributed by atoms with Crippen LogP contribution in [0.3, 0.4) is 0 Å². The third-order valence-electron chi connectivity index (χ3n) is 3.56. The number of carbonyl (C=O) groups excluding carboxylic acids is 2. The first-order valence-corrected chi connectivity index (χ1v) is 7.89. The van der Waals surface area contributed by atoms with Crippen molar-refractivity contribution in [2.45, 2.75) is 32.8 Å². The largest absolute Gasteiger partial charge is 0.481 e. The molecular formula is C19H22N2O3. The number of hydrazine groups is 1. The fourth-order valence-electron chi connectivity index (χ4n) is 2.07. The maximum Gasteiger partial charge on any atom is 0.279 e. The maximum absolute atomic E-state index is 12.0. The molecule has 0 unspecified atom stereocenters. The van der Waals surface area contributed by atoms with Crippen LogP contribution in [-0.2, 0) is 4.79 Å². The molecule has 0 spiro atoms. The van der Waals surface area contributed by atoms with Crippen molar-refractivity contribution in [3.05, 3.63) is 65.7 Å². The summed E-state index contributed by atoms with van der Waals surface area (Å²) in [5.41, 5.74) is 6.41. The second-order valence-electron chi connectivity index (χ2n) is 5.79. The third kappa shape index (κ3) is 4.84. The van der Waals surface area contributed by atoms with Crippen molar-refractivity contribution in [2.75, 3.05) is 0 Å². The summed E-state index contributed by atoms with van der Waals surface area (Å²) in [6, 6.07) is 16.3. The molecule has 5 nitrogen and oxygen atoms in total. The standard InChI is InChI=1S/C19H22N2O3/c1-13(2)15-9-11-17(12-10-15)24-14(3)18(22)20-21-19(23)16-7-5-4-6-8-16/h4-14H,1-3H3,(H,20,22)(H,21,23)/t14-/m1/s1. The molecular weight excluding hydrogens is 304 g/mol. The number of amides is 2. The van der Waals surface area contributed by atoms with Gasteiger partial charge in [0.05, 0.1) is 0 Å². The van der Waals surface area contributed by atoms with Crippen LogP contribution in [0.15, 0.2) is 54.6 Å². The quantitative estimate of drug-likeness (QED) is 0.830. The Bertz CT molecular complexity index is 682. The second kappa shape index (κ2) is 8.15. The van der Waals surface area contributed by atoms with Gasteiger partial charge < -0.3 is 4.74 Å². The minimum Gasteiger partial charge on any atom is -0.481 e. The first-order chi connectivity index (χ1) is 11.5. The van der Waals surface area contributed by atoms with Gasteiger partial charge >= 0.3 is 0 Å². The molecule has 0 saturated carbocycles. The molecule has 5 heteroatoms. The molecule has 24 heavy (non-hydrogen) atoms. The molecule has 0 aliphatic carbocycles. The van der Waals surface area contributed by atoms with Gasteiger partial charge in [0.2, 0.25) is 0 Å². The Morgan fingerprint density at radius 2 is 1.50 bits per heavy atom. The molecule has 2 N–H and O–H groups in total. The van der Waals surface area contributed by atoms with E-state index in [2.05, 4.69) is 24.7 Å². The van der Waals surface area contributed by atoms with Crippen molar-refractivity contribution in [1.29, 1.82) is 0 Å². The Labute approximate surface area is 142 Å². The number of benzene rings is 2. The van der Waals surface area contributed by atoms with Crippen LogP contribution in [-0.4, -0.2) is 17.9 Å². The molecule has 1 atom stereocenters. The van der Waals surface area contributed by atoms with Gasteiger partial charge in [-0.3, -0.25) is 20.4 Å². The van der Waals surface area contributed by atoms with Crippen LogP contribution in [0.1, 0.15) is 42.6 Å². The summed E-state index contributed by atoms with van der Waals surface area (Å²) in [5, 5.41) is 0. The Morgan fingerprint density at radius 1 is 0.875 bits per heavy atom. The lowest BCUT2D eigenvalue weighted by atomic mass is 10.0. The molecule has 0 radical (unpaired) electrons. The highest BCUT2D eigenvalue weighted by Gasteiger charge is 2.16. The molecule has 0 aliphatic rings. The van der Waals surface area contributed by atoms with E-state index >= 15 is 0 Å². The van der Waals surface area contributed by atoms with Crippen LogP contribution >= 0.6 is 0 Å². The second-order valence-corrected chi connectivity index (χ2v) is 5.79. The zero-order valence-corrected chi connectivity index (χ0v) is 14.1. The van der Waals surface area contributed by atoms with Crippen molar-refractivity contribution in [1.82, 2.24) is 10.9 Å². The van der Waals surface area contributed by atoms with Gasteiger partial charge in [0.1, 0.15) is 5.75 Å². The van der Waals surface area contributed by atoms with Gasteiger partial charge in [0.25, 0.3) is 11.8 Å². The highest BCUT2D eigenvalue weighted by atomic mass is 16.5. The SMILES string of the molecule is CC(C)c1ccc(O[C@H](C)C(=O)NNC(=O)c2ccccc2)cc1. The predicted octanol–water partition coefficient (Wildman–Crippen LogP) is 3.04. The van der Waals surface area contributed by atoms with Crippen LogP contribution in [0.25, 0.3) is 0 Å². The summed E-state index contributed by atoms with van der Waals surface area (Å²) < 4.78 is 5.59. The number of hydrogen-bond acceptors (Lipinski definition) is 3. The highest BCUT2D eigenvalue weighted by molar-refractivity contribution is 5.95. The summed E-state index contributed by atoms with van der Waals surface area (Å²) >= 11 is 0. The minimum absolute atomic E-state index is 0.377. The first-order valence-electron chi connectivity index (χ1n) is 7.89. The monoisotopic (exact) mass is 326 g/mol. The van der Waals surface area contributed by atoms with Gasteiger partial charge in [0.15, 0.2) is 6.10 Å². The van der Waals surface area contributed by atoms with E-state index in [1.54, 1.807) is 31.2 Å². The molecule has 0 fully saturated rings. The summed E-state index contributed by atoms with van der Waals surface area (Å²) in [4.78, 5) is 23.9. The van der Waals surface area contributed by atoms with Gasteiger partial charge in [-0.05, 0) is 42.7 Å². The highest BCUT2D eigenvalue weighted by Crippen LogP contribution is 2.19. The van der Waals surface area contributed by atoms with E-state index in [1.807, 2.05) is 30.3 Å². The molecule has 0 heterocycles. The van der Waals surface area contributed by atoms with E-state index in [9.17, 15) is 9.59 Å². The summed E-state index contributed by atoms with van der Waals surface area (Å²) in [6.07, 6.45) is -0.731. The number of hydrogen-bond donors (Lipinski definition) is 2. The van der Waals surface area contributed by atoms with Crippen LogP contribution < -0.4 is 15.6 Å². The zero-order valence-electron chi connectivity index (χ0n) is 14.1. The van der Waals surface area contributed by atoms with Gasteiger partial charge in [-0.1, -0.05) is 44.2 Å². The van der Waals surface area contributed by atoms with E-state index in [0.717, 1.165) is 0 Å². The molecule has 126 valence electrons. The zero-order chi connectivity index (χ0) is 17.5. The Balaban J connectivity index is 1.84. The Hall–Kier alpha value is -2.82. The topological polar surface area (TPSA) is 67.4 Å². The van der Waals surface area contributed by atoms with Crippen molar-refractivity contribution in [3.8, 4) is 5.75 Å². The van der Waals surface area contributed by atoms with Crippen molar-refractivity contribution in [2.24, 2.45) is 0 Å². The molecule has 2 aromatic rings. The molecule has 2 rings (SSSR count). The smallest absolute Gasteiger partial charge is 0.279 e. The van der Waals surface area contributed by atoms with Crippen LogP contribution in [0.2, 0.25) is 0 Å². The van der Waals surface area contributed by atoms with E-state index in [4.69, 9.17) is 4.74 Å². The lowest BCUT2D eigenvalue weighted by molar-refractivity contribution is -0.128. The average molecular weight is 326 g/mol. The fraction of sp³-hybridized carbons (Fsp3) is 0.263. The van der Waals surface area contributed by atoms with E-state index in [-0.39, 0.29) is 5.91 Å². The van der Waals surface area contributed by atoms with Gasteiger partial charge in [0, 0.05) is 5.56 Å². The number of carbonyl (C=O) groups is 2. The number of ether oxygens (including phenoxy) is 1. The van der Waals surface area contributed by atoms with E-state index in [0.29, 0.717) is 17.2 Å². The van der Waals surface area contributed by atoms with Gasteiger partial charge in [-0.25, -0.2) is 0 Å². The Kier molecular flexibility index (Phi) is 5.95. The Morgan fingerprint density at radius 3 is 2.08 bits per heavy atom. The third-order valence-corrected chi connectivity index (χ3v) is 3.56. The molecule has 0 aliphatic heterocycles. The lowest BCUT2D eigenvalue weighted by Gasteiger charge is -2.16. The van der Waals surface area contributed by atoms with Crippen LogP contribution in [0.5, 0.6) is 5.75 Å². The van der Waals surface area contributed by atoms with Crippen LogP contribution in [0.4, 0.5) is 0 Å². The predicted molar refractivity (Wildman–Crippen MR) is 92.7 cm³/mol. The molecule has 2 aromatic carbocycles. The van der Waals surface area contributed by atoms with Crippen molar-refractivity contribution < 1.29 is 14.3 Å². The first kappa shape index (κ1) is 17.5. The summed E-state index contributed by atoms with van der Waals surface area (Å²) in [7, 11) is 0. The van der Waals surface area contributed by atoms with Gasteiger partial charge in [-0.2, -0.15) is 0 Å².